The van der Waals surface area contributed by atoms with Crippen molar-refractivity contribution < 1.29 is 0 Å². The average molecular weight is 926 g/mol. The van der Waals surface area contributed by atoms with Gasteiger partial charge in [0.1, 0.15) is 11.6 Å². The van der Waals surface area contributed by atoms with Crippen molar-refractivity contribution in [2.24, 2.45) is 0 Å². The number of anilines is 5. The van der Waals surface area contributed by atoms with Crippen molar-refractivity contribution in [1.82, 2.24) is 19.9 Å². The van der Waals surface area contributed by atoms with Crippen LogP contribution in [0.3, 0.4) is 0 Å². The Bertz CT molecular complexity index is 3340. The quantitative estimate of drug-likeness (QED) is 0.0569. The van der Waals surface area contributed by atoms with E-state index in [0.29, 0.717) is 34.4 Å². The monoisotopic (exact) mass is 924 g/mol. The van der Waals surface area contributed by atoms with E-state index in [9.17, 15) is 0 Å². The second kappa shape index (κ2) is 23.4. The van der Waals surface area contributed by atoms with Crippen molar-refractivity contribution in [1.29, 1.82) is 21.0 Å². The fraction of sp³-hybridized carbons (Fsp3) is 0.143. The molecule has 0 atom stereocenters. The number of aryl methyl sites for hydroxylation is 4. The molecule has 340 valence electrons. The number of nitriles is 4. The predicted molar refractivity (Wildman–Crippen MR) is 281 cm³/mol. The van der Waals surface area contributed by atoms with E-state index in [2.05, 4.69) is 90.4 Å². The van der Waals surface area contributed by atoms with E-state index in [-0.39, 0.29) is 5.28 Å². The van der Waals surface area contributed by atoms with Gasteiger partial charge in [0.25, 0.3) is 0 Å². The van der Waals surface area contributed by atoms with Gasteiger partial charge in [0, 0.05) is 45.4 Å². The number of allylic oxidation sites excluding steroid dienone is 2. The van der Waals surface area contributed by atoms with E-state index in [1.807, 2.05) is 66.8 Å². The smallest absolute Gasteiger partial charge is 0.229 e. The summed E-state index contributed by atoms with van der Waals surface area (Å²) in [7, 11) is 0. The first-order chi connectivity index (χ1) is 33.5. The number of nitrogens with zero attached hydrogens (tertiary/aromatic N) is 8. The van der Waals surface area contributed by atoms with Gasteiger partial charge in [-0.1, -0.05) is 76.2 Å². The first kappa shape index (κ1) is 49.4. The SMILES string of the molecule is CCc1cc(/C=C/C#N)cc(CC)c1-c1cccc2c(N)nc(Cl)nc12.CCc1cc(/C=C/C#N)cc(CC)c1-c1cccc2c(N)nc(Nc3ccc(C#N)cc3)nc12.N#Cc1ccc(N)cc1. The van der Waals surface area contributed by atoms with Gasteiger partial charge < -0.3 is 22.5 Å². The van der Waals surface area contributed by atoms with Gasteiger partial charge in [-0.25, -0.2) is 15.0 Å². The van der Waals surface area contributed by atoms with Crippen LogP contribution in [0.15, 0.2) is 121 Å². The molecule has 0 spiro atoms. The lowest BCUT2D eigenvalue weighted by molar-refractivity contribution is 1.09. The molecule has 2 heterocycles. The third-order valence-electron chi connectivity index (χ3n) is 11.2. The van der Waals surface area contributed by atoms with Crippen LogP contribution in [0.1, 0.15) is 72.2 Å². The Morgan fingerprint density at radius 3 is 1.38 bits per heavy atom. The number of fused-ring (bicyclic) bond motifs is 2. The molecule has 0 bridgehead atoms. The number of nitrogens with one attached hydrogen (secondary N) is 1. The molecule has 8 aromatic rings. The van der Waals surface area contributed by atoms with Gasteiger partial charge in [0.05, 0.1) is 46.4 Å². The lowest BCUT2D eigenvalue weighted by Gasteiger charge is -2.17. The summed E-state index contributed by atoms with van der Waals surface area (Å²) < 4.78 is 0. The number of halogens is 1. The minimum Gasteiger partial charge on any atom is -0.399 e. The lowest BCUT2D eigenvalue weighted by atomic mass is 9.88. The number of hydrogen-bond acceptors (Lipinski definition) is 12. The van der Waals surface area contributed by atoms with Crippen LogP contribution < -0.4 is 22.5 Å². The molecule has 13 heteroatoms. The number of hydrogen-bond donors (Lipinski definition) is 4. The Morgan fingerprint density at radius 1 is 0.536 bits per heavy atom. The maximum absolute atomic E-state index is 9.03. The van der Waals surface area contributed by atoms with Crippen LogP contribution in [0.2, 0.25) is 5.28 Å². The molecule has 0 amide bonds. The van der Waals surface area contributed by atoms with E-state index in [0.717, 1.165) is 86.6 Å². The Labute approximate surface area is 407 Å². The molecule has 6 aromatic carbocycles. The Balaban J connectivity index is 0.000000196. The maximum atomic E-state index is 9.03. The third kappa shape index (κ3) is 11.9. The molecule has 12 nitrogen and oxygen atoms in total. The highest BCUT2D eigenvalue weighted by atomic mass is 35.5. The molecule has 0 radical (unpaired) electrons. The second-order valence-corrected chi connectivity index (χ2v) is 15.9. The zero-order chi connectivity index (χ0) is 49.5. The molecule has 0 unspecified atom stereocenters. The third-order valence-corrected chi connectivity index (χ3v) is 11.4. The number of rotatable bonds is 10. The van der Waals surface area contributed by atoms with E-state index >= 15 is 0 Å². The molecule has 7 N–H and O–H groups in total. The number of aromatic nitrogens is 4. The summed E-state index contributed by atoms with van der Waals surface area (Å²) in [4.78, 5) is 17.8. The van der Waals surface area contributed by atoms with Gasteiger partial charge in [0.15, 0.2) is 0 Å². The van der Waals surface area contributed by atoms with E-state index in [1.165, 1.54) is 34.4 Å². The van der Waals surface area contributed by atoms with Crippen molar-refractivity contribution in [2.45, 2.75) is 53.4 Å². The summed E-state index contributed by atoms with van der Waals surface area (Å²) in [6.07, 6.45) is 10.1. The van der Waals surface area contributed by atoms with Gasteiger partial charge >= 0.3 is 0 Å². The minimum absolute atomic E-state index is 0.145. The van der Waals surface area contributed by atoms with Gasteiger partial charge in [-0.05, 0) is 155 Å². The molecule has 0 aliphatic carbocycles. The van der Waals surface area contributed by atoms with Crippen LogP contribution in [-0.4, -0.2) is 19.9 Å². The Kier molecular flexibility index (Phi) is 16.7. The lowest BCUT2D eigenvalue weighted by Crippen LogP contribution is -2.03. The maximum Gasteiger partial charge on any atom is 0.229 e. The molecule has 2 aromatic heterocycles. The predicted octanol–water partition coefficient (Wildman–Crippen LogP) is 12.5. The molecule has 0 aliphatic rings. The summed E-state index contributed by atoms with van der Waals surface area (Å²) in [6, 6.07) is 42.5. The minimum atomic E-state index is 0.145. The molecule has 0 saturated heterocycles. The van der Waals surface area contributed by atoms with Crippen molar-refractivity contribution in [3.8, 4) is 46.5 Å². The summed E-state index contributed by atoms with van der Waals surface area (Å²) in [5.74, 6) is 1.17. The summed E-state index contributed by atoms with van der Waals surface area (Å²) in [5, 5.41) is 40.0. The van der Waals surface area contributed by atoms with Crippen LogP contribution in [0.25, 0.3) is 56.2 Å². The van der Waals surface area contributed by atoms with Gasteiger partial charge in [-0.3, -0.25) is 0 Å². The highest BCUT2D eigenvalue weighted by molar-refractivity contribution is 6.29. The van der Waals surface area contributed by atoms with E-state index < -0.39 is 0 Å². The van der Waals surface area contributed by atoms with Gasteiger partial charge in [-0.15, -0.1) is 0 Å². The molecular formula is C56H49ClN12. The molecule has 0 fully saturated rings. The van der Waals surface area contributed by atoms with Crippen molar-refractivity contribution in [3.05, 3.63) is 171 Å². The Morgan fingerprint density at radius 2 is 0.957 bits per heavy atom. The fourth-order valence-corrected chi connectivity index (χ4v) is 8.13. The first-order valence-corrected chi connectivity index (χ1v) is 22.6. The average Bonchev–Trinajstić information content (AvgIpc) is 3.37. The van der Waals surface area contributed by atoms with Crippen LogP contribution in [0, 0.1) is 45.3 Å². The highest BCUT2D eigenvalue weighted by Crippen LogP contribution is 2.38. The normalized spacial score (nSPS) is 10.6. The van der Waals surface area contributed by atoms with Crippen LogP contribution in [0.4, 0.5) is 29.0 Å². The zero-order valence-electron chi connectivity index (χ0n) is 38.7. The van der Waals surface area contributed by atoms with E-state index in [1.54, 1.807) is 36.4 Å². The topological polar surface area (TPSA) is 237 Å². The largest absolute Gasteiger partial charge is 0.399 e. The van der Waals surface area contributed by atoms with Gasteiger partial charge in [0.2, 0.25) is 11.2 Å². The van der Waals surface area contributed by atoms with Gasteiger partial charge in [-0.2, -0.15) is 26.0 Å². The van der Waals surface area contributed by atoms with Crippen molar-refractivity contribution in [2.75, 3.05) is 22.5 Å². The zero-order valence-corrected chi connectivity index (χ0v) is 39.5. The standard InChI is InChI=1S/C28H24N6.C21H19ClN4.C7H6N2/c1-3-20-15-19(7-6-14-29)16-21(4-2)25(20)23-8-5-9-24-26(23)33-28(34-27(24)31)32-22-12-10-18(17-30)11-13-22;1-3-14-11-13(7-6-10-23)12-15(4-2)18(14)16-8-5-9-17-19(16)25-21(22)26-20(17)24;8-5-6-1-3-7(9)4-2-6/h5-13,15-16H,3-4H2,1-2H3,(H3,31,32,33,34);5-9,11-12H,3-4H2,1-2H3,(H2,24,25,26);1-4H,9H2/b2*7-6+;. The molecule has 0 aliphatic heterocycles. The Hall–Kier alpha value is -9.07. The molecule has 8 rings (SSSR count). The van der Waals surface area contributed by atoms with E-state index in [4.69, 9.17) is 54.8 Å². The number of nitrogen functional groups attached to an aromatic ring is 3. The summed E-state index contributed by atoms with van der Waals surface area (Å²) >= 11 is 6.07. The molecular weight excluding hydrogens is 876 g/mol. The van der Waals surface area contributed by atoms with Crippen LogP contribution >= 0.6 is 11.6 Å². The summed E-state index contributed by atoms with van der Waals surface area (Å²) in [6.45, 7) is 8.50. The fourth-order valence-electron chi connectivity index (χ4n) is 7.95. The molecule has 69 heavy (non-hydrogen) atoms. The number of nitrogens with two attached hydrogens (primary N) is 3. The van der Waals surface area contributed by atoms with Crippen LogP contribution in [-0.2, 0) is 25.7 Å². The number of para-hydroxylation sites is 2. The summed E-state index contributed by atoms with van der Waals surface area (Å²) in [5.41, 5.74) is 33.1. The second-order valence-electron chi connectivity index (χ2n) is 15.5. The highest BCUT2D eigenvalue weighted by Gasteiger charge is 2.18. The first-order valence-electron chi connectivity index (χ1n) is 22.2. The number of benzene rings is 6. The van der Waals surface area contributed by atoms with Crippen molar-refractivity contribution in [3.63, 3.8) is 0 Å². The molecule has 0 saturated carbocycles. The van der Waals surface area contributed by atoms with Crippen molar-refractivity contribution >= 4 is 74.5 Å². The van der Waals surface area contributed by atoms with Crippen LogP contribution in [0.5, 0.6) is 0 Å².